The lowest BCUT2D eigenvalue weighted by atomic mass is 9.94. The molecule has 4 rings (SSSR count). The highest BCUT2D eigenvalue weighted by molar-refractivity contribution is 5.30. The molecule has 0 aliphatic carbocycles. The van der Waals surface area contributed by atoms with Gasteiger partial charge in [-0.25, -0.2) is 5.43 Å². The van der Waals surface area contributed by atoms with Crippen molar-refractivity contribution < 1.29 is 4.74 Å². The molecule has 1 aromatic heterocycles. The van der Waals surface area contributed by atoms with E-state index in [0.29, 0.717) is 18.0 Å². The number of ether oxygens (including phenoxy) is 1. The summed E-state index contributed by atoms with van der Waals surface area (Å²) in [7, 11) is 1.71. The number of hydrazine groups is 1. The van der Waals surface area contributed by atoms with Gasteiger partial charge in [-0.3, -0.25) is 15.3 Å². The fourth-order valence-corrected chi connectivity index (χ4v) is 4.23. The van der Waals surface area contributed by atoms with Crippen molar-refractivity contribution in [3.8, 4) is 5.75 Å². The minimum Gasteiger partial charge on any atom is -0.497 e. The molecule has 2 atom stereocenters. The zero-order valence-corrected chi connectivity index (χ0v) is 16.6. The maximum absolute atomic E-state index is 5.28. The van der Waals surface area contributed by atoms with Crippen LogP contribution in [0, 0.1) is 5.92 Å². The van der Waals surface area contributed by atoms with Gasteiger partial charge in [-0.15, -0.1) is 0 Å². The lowest BCUT2D eigenvalue weighted by Gasteiger charge is -2.33. The molecule has 0 bridgehead atoms. The van der Waals surface area contributed by atoms with Crippen LogP contribution >= 0.6 is 0 Å². The van der Waals surface area contributed by atoms with Crippen molar-refractivity contribution in [1.82, 2.24) is 26.1 Å². The van der Waals surface area contributed by atoms with Crippen LogP contribution in [0.5, 0.6) is 5.75 Å². The third-order valence-electron chi connectivity index (χ3n) is 5.94. The van der Waals surface area contributed by atoms with E-state index in [2.05, 4.69) is 50.3 Å². The number of methoxy groups -OCH3 is 1. The van der Waals surface area contributed by atoms with E-state index in [1.807, 2.05) is 24.4 Å². The van der Waals surface area contributed by atoms with Gasteiger partial charge in [0.05, 0.1) is 18.8 Å². The van der Waals surface area contributed by atoms with Gasteiger partial charge in [-0.1, -0.05) is 18.2 Å². The predicted octanol–water partition coefficient (Wildman–Crippen LogP) is 2.11. The number of aromatic nitrogens is 1. The minimum absolute atomic E-state index is 0.336. The fraction of sp³-hybridized carbons (Fsp3) is 0.500. The molecule has 2 aromatic rings. The molecule has 2 aliphatic rings. The Hall–Kier alpha value is -1.99. The molecule has 2 saturated heterocycles. The van der Waals surface area contributed by atoms with E-state index < -0.39 is 0 Å². The topological polar surface area (TPSA) is 61.5 Å². The summed E-state index contributed by atoms with van der Waals surface area (Å²) >= 11 is 0. The monoisotopic (exact) mass is 381 g/mol. The van der Waals surface area contributed by atoms with E-state index in [-0.39, 0.29) is 0 Å². The van der Waals surface area contributed by atoms with Crippen LogP contribution in [0.4, 0.5) is 0 Å². The van der Waals surface area contributed by atoms with E-state index >= 15 is 0 Å². The molecule has 0 radical (unpaired) electrons. The van der Waals surface area contributed by atoms with Crippen LogP contribution in [-0.2, 0) is 6.54 Å². The van der Waals surface area contributed by atoms with Crippen LogP contribution in [0.25, 0.3) is 0 Å². The average Bonchev–Trinajstić information content (AvgIpc) is 3.23. The zero-order chi connectivity index (χ0) is 19.2. The second-order valence-electron chi connectivity index (χ2n) is 7.82. The van der Waals surface area contributed by atoms with Crippen LogP contribution in [0.15, 0.2) is 48.7 Å². The Balaban J connectivity index is 1.23. The Morgan fingerprint density at radius 3 is 2.68 bits per heavy atom. The van der Waals surface area contributed by atoms with Gasteiger partial charge in [0.25, 0.3) is 0 Å². The smallest absolute Gasteiger partial charge is 0.118 e. The number of likely N-dealkylation sites (tertiary alicyclic amines) is 1. The second kappa shape index (κ2) is 9.47. The van der Waals surface area contributed by atoms with Crippen molar-refractivity contribution in [2.75, 3.05) is 33.3 Å². The molecular formula is C22H31N5O. The van der Waals surface area contributed by atoms with Gasteiger partial charge in [0.15, 0.2) is 0 Å². The van der Waals surface area contributed by atoms with Crippen molar-refractivity contribution in [3.05, 3.63) is 59.9 Å². The summed E-state index contributed by atoms with van der Waals surface area (Å²) < 4.78 is 5.28. The summed E-state index contributed by atoms with van der Waals surface area (Å²) in [6.07, 6.45) is 4.29. The highest BCUT2D eigenvalue weighted by atomic mass is 16.5. The van der Waals surface area contributed by atoms with Crippen molar-refractivity contribution in [2.24, 2.45) is 5.92 Å². The van der Waals surface area contributed by atoms with Gasteiger partial charge in [0, 0.05) is 50.9 Å². The normalized spacial score (nSPS) is 23.8. The molecule has 0 amide bonds. The lowest BCUT2D eigenvalue weighted by Crippen LogP contribution is -2.44. The van der Waals surface area contributed by atoms with Gasteiger partial charge < -0.3 is 10.1 Å². The van der Waals surface area contributed by atoms with Crippen LogP contribution < -0.4 is 20.9 Å². The molecule has 0 saturated carbocycles. The second-order valence-corrected chi connectivity index (χ2v) is 7.82. The first-order chi connectivity index (χ1) is 13.8. The summed E-state index contributed by atoms with van der Waals surface area (Å²) in [5, 5.41) is 3.82. The SMILES string of the molecule is COc1ccc(C2NNCC2CNC2CCN(Cc3ccccn3)CC2)cc1. The molecule has 2 fully saturated rings. The van der Waals surface area contributed by atoms with Gasteiger partial charge in [0.1, 0.15) is 5.75 Å². The Bertz CT molecular complexity index is 715. The van der Waals surface area contributed by atoms with Crippen LogP contribution in [0.3, 0.4) is 0 Å². The number of benzene rings is 1. The Labute approximate surface area is 167 Å². The quantitative estimate of drug-likeness (QED) is 0.683. The number of piperidine rings is 1. The Morgan fingerprint density at radius 2 is 1.96 bits per heavy atom. The lowest BCUT2D eigenvalue weighted by molar-refractivity contribution is 0.185. The first kappa shape index (κ1) is 19.3. The molecule has 2 aliphatic heterocycles. The van der Waals surface area contributed by atoms with Crippen LogP contribution in [-0.4, -0.2) is 49.2 Å². The first-order valence-electron chi connectivity index (χ1n) is 10.3. The molecule has 6 nitrogen and oxygen atoms in total. The summed E-state index contributed by atoms with van der Waals surface area (Å²) in [6.45, 7) is 5.25. The molecule has 0 spiro atoms. The van der Waals surface area contributed by atoms with E-state index in [1.165, 1.54) is 24.1 Å². The molecule has 3 N–H and O–H groups in total. The van der Waals surface area contributed by atoms with Crippen LogP contribution in [0.2, 0.25) is 0 Å². The Kier molecular flexibility index (Phi) is 6.54. The van der Waals surface area contributed by atoms with Gasteiger partial charge in [-0.05, 0) is 42.7 Å². The van der Waals surface area contributed by atoms with Crippen molar-refractivity contribution >= 4 is 0 Å². The number of pyridine rings is 1. The van der Waals surface area contributed by atoms with Crippen molar-refractivity contribution in [1.29, 1.82) is 0 Å². The minimum atomic E-state index is 0.336. The highest BCUT2D eigenvalue weighted by Gasteiger charge is 2.29. The molecular weight excluding hydrogens is 350 g/mol. The average molecular weight is 382 g/mol. The summed E-state index contributed by atoms with van der Waals surface area (Å²) in [5.74, 6) is 1.45. The first-order valence-corrected chi connectivity index (χ1v) is 10.3. The highest BCUT2D eigenvalue weighted by Crippen LogP contribution is 2.26. The number of nitrogens with zero attached hydrogens (tertiary/aromatic N) is 2. The van der Waals surface area contributed by atoms with Crippen LogP contribution in [0.1, 0.15) is 30.1 Å². The third kappa shape index (κ3) is 4.89. The fourth-order valence-electron chi connectivity index (χ4n) is 4.23. The Morgan fingerprint density at radius 1 is 1.14 bits per heavy atom. The third-order valence-corrected chi connectivity index (χ3v) is 5.94. The largest absolute Gasteiger partial charge is 0.497 e. The van der Waals surface area contributed by atoms with Gasteiger partial charge in [0.2, 0.25) is 0 Å². The number of rotatable bonds is 7. The molecule has 6 heteroatoms. The number of hydrogen-bond donors (Lipinski definition) is 3. The zero-order valence-electron chi connectivity index (χ0n) is 16.6. The molecule has 28 heavy (non-hydrogen) atoms. The number of nitrogens with one attached hydrogen (secondary N) is 3. The van der Waals surface area contributed by atoms with E-state index in [9.17, 15) is 0 Å². The number of hydrogen-bond acceptors (Lipinski definition) is 6. The van der Waals surface area contributed by atoms with E-state index in [0.717, 1.165) is 38.5 Å². The molecule has 2 unspecified atom stereocenters. The van der Waals surface area contributed by atoms with E-state index in [4.69, 9.17) is 4.74 Å². The summed E-state index contributed by atoms with van der Waals surface area (Å²) in [6, 6.07) is 15.5. The molecule has 1 aromatic carbocycles. The van der Waals surface area contributed by atoms with Gasteiger partial charge >= 0.3 is 0 Å². The molecule has 150 valence electrons. The maximum Gasteiger partial charge on any atom is 0.118 e. The predicted molar refractivity (Wildman–Crippen MR) is 111 cm³/mol. The standard InChI is InChI=1S/C22H31N5O/c1-28-21-7-5-17(6-8-21)22-18(15-25-26-22)14-24-19-9-12-27(13-10-19)16-20-4-2-3-11-23-20/h2-8,11,18-19,22,24-26H,9-10,12-16H2,1H3. The summed E-state index contributed by atoms with van der Waals surface area (Å²) in [5.41, 5.74) is 9.25. The maximum atomic E-state index is 5.28. The van der Waals surface area contributed by atoms with Crippen molar-refractivity contribution in [2.45, 2.75) is 31.5 Å². The van der Waals surface area contributed by atoms with Crippen molar-refractivity contribution in [3.63, 3.8) is 0 Å². The van der Waals surface area contributed by atoms with E-state index in [1.54, 1.807) is 7.11 Å². The van der Waals surface area contributed by atoms with Gasteiger partial charge in [-0.2, -0.15) is 0 Å². The molecule has 3 heterocycles. The summed E-state index contributed by atoms with van der Waals surface area (Å²) in [4.78, 5) is 6.96.